The minimum Gasteiger partial charge on any atom is -0.321 e. The summed E-state index contributed by atoms with van der Waals surface area (Å²) >= 11 is 0. The fraction of sp³-hybridized carbons (Fsp3) is 0.316. The first-order valence-corrected chi connectivity index (χ1v) is 10.4. The van der Waals surface area contributed by atoms with E-state index < -0.39 is 27.7 Å². The maximum atomic E-state index is 13.7. The van der Waals surface area contributed by atoms with Crippen molar-refractivity contribution < 1.29 is 22.0 Å². The summed E-state index contributed by atoms with van der Waals surface area (Å²) in [4.78, 5) is 14.3. The highest BCUT2D eigenvalue weighted by Crippen LogP contribution is 2.38. The predicted molar refractivity (Wildman–Crippen MR) is 99.1 cm³/mol. The van der Waals surface area contributed by atoms with Gasteiger partial charge < -0.3 is 10.2 Å². The summed E-state index contributed by atoms with van der Waals surface area (Å²) in [5, 5.41) is 2.46. The number of nitrogens with zero attached hydrogens (tertiary/aromatic N) is 1. The van der Waals surface area contributed by atoms with Crippen LogP contribution in [0.2, 0.25) is 0 Å². The summed E-state index contributed by atoms with van der Waals surface area (Å²) in [5.41, 5.74) is -0.0875. The Balaban J connectivity index is 1.39. The number of anilines is 1. The molecule has 1 aliphatic carbocycles. The van der Waals surface area contributed by atoms with Crippen molar-refractivity contribution in [2.45, 2.75) is 29.8 Å². The van der Waals surface area contributed by atoms with Gasteiger partial charge in [-0.3, -0.25) is 0 Å². The van der Waals surface area contributed by atoms with Gasteiger partial charge in [-0.15, -0.1) is 0 Å². The van der Waals surface area contributed by atoms with Gasteiger partial charge in [-0.2, -0.15) is 0 Å². The Morgan fingerprint density at radius 3 is 2.46 bits per heavy atom. The molecule has 2 amide bonds. The molecule has 1 saturated heterocycles. The first kappa shape index (κ1) is 18.8. The van der Waals surface area contributed by atoms with Crippen LogP contribution in [0.5, 0.6) is 0 Å². The lowest BCUT2D eigenvalue weighted by Crippen LogP contribution is -2.48. The Morgan fingerprint density at radius 2 is 1.82 bits per heavy atom. The molecule has 0 unspecified atom stereocenters. The molecule has 2 N–H and O–H groups in total. The monoisotopic (exact) mass is 407 g/mol. The van der Waals surface area contributed by atoms with E-state index in [1.807, 2.05) is 0 Å². The summed E-state index contributed by atoms with van der Waals surface area (Å²) in [5.74, 6) is -1.57. The van der Waals surface area contributed by atoms with E-state index in [1.165, 1.54) is 18.2 Å². The maximum Gasteiger partial charge on any atom is 0.322 e. The molecule has 3 atom stereocenters. The van der Waals surface area contributed by atoms with Crippen molar-refractivity contribution in [3.05, 3.63) is 60.2 Å². The molecule has 2 aliphatic rings. The molecule has 148 valence electrons. The number of hydrogen-bond acceptors (Lipinski definition) is 3. The summed E-state index contributed by atoms with van der Waals surface area (Å²) < 4.78 is 54.5. The molecule has 1 aliphatic heterocycles. The van der Waals surface area contributed by atoms with Crippen molar-refractivity contribution in [3.63, 3.8) is 0 Å². The summed E-state index contributed by atoms with van der Waals surface area (Å²) in [6, 6.07) is 10.3. The largest absolute Gasteiger partial charge is 0.322 e. The molecule has 6 nitrogen and oxygen atoms in total. The Hall–Kier alpha value is -2.52. The highest BCUT2D eigenvalue weighted by Gasteiger charge is 2.47. The predicted octanol–water partition coefficient (Wildman–Crippen LogP) is 2.94. The number of sulfonamides is 1. The van der Waals surface area contributed by atoms with Gasteiger partial charge in [0.05, 0.1) is 10.6 Å². The number of carbonyl (C=O) groups is 1. The standard InChI is InChI=1S/C19H19F2N3O3S/c20-13-6-7-17(16(21)9-13)22-19(25)24-11-12-8-14(24)10-18(12)23-28(26,27)15-4-2-1-3-5-15/h1-7,9,12,14,18,23H,8,10-11H2,(H,22,25)/t12-,14-,18-/m0/s1. The molecule has 2 aromatic rings. The molecule has 2 fully saturated rings. The van der Waals surface area contributed by atoms with Crippen LogP contribution >= 0.6 is 0 Å². The highest BCUT2D eigenvalue weighted by molar-refractivity contribution is 7.89. The number of urea groups is 1. The molecule has 2 aromatic carbocycles. The van der Waals surface area contributed by atoms with Crippen LogP contribution in [0.1, 0.15) is 12.8 Å². The molecular formula is C19H19F2N3O3S. The fourth-order valence-corrected chi connectivity index (χ4v) is 5.33. The SMILES string of the molecule is O=C(Nc1ccc(F)cc1F)N1C[C@@H]2C[C@H]1C[C@@H]2NS(=O)(=O)c1ccccc1. The second kappa shape index (κ2) is 7.14. The molecule has 28 heavy (non-hydrogen) atoms. The molecular weight excluding hydrogens is 388 g/mol. The van der Waals surface area contributed by atoms with Gasteiger partial charge in [-0.25, -0.2) is 26.7 Å². The molecule has 1 heterocycles. The zero-order valence-electron chi connectivity index (χ0n) is 14.8. The first-order chi connectivity index (χ1) is 13.3. The van der Waals surface area contributed by atoms with Gasteiger partial charge in [0, 0.05) is 24.7 Å². The van der Waals surface area contributed by atoms with Crippen molar-refractivity contribution in [1.29, 1.82) is 0 Å². The summed E-state index contributed by atoms with van der Waals surface area (Å²) in [6.45, 7) is 0.376. The van der Waals surface area contributed by atoms with Gasteiger partial charge >= 0.3 is 6.03 Å². The lowest BCUT2D eigenvalue weighted by molar-refractivity contribution is 0.187. The average molecular weight is 407 g/mol. The minimum atomic E-state index is -3.62. The van der Waals surface area contributed by atoms with E-state index in [9.17, 15) is 22.0 Å². The lowest BCUT2D eigenvalue weighted by Gasteiger charge is -2.31. The van der Waals surface area contributed by atoms with Crippen LogP contribution in [0.25, 0.3) is 0 Å². The number of nitrogens with one attached hydrogen (secondary N) is 2. The number of likely N-dealkylation sites (tertiary alicyclic amines) is 1. The zero-order chi connectivity index (χ0) is 19.9. The van der Waals surface area contributed by atoms with E-state index in [-0.39, 0.29) is 28.6 Å². The average Bonchev–Trinajstić information content (AvgIpc) is 3.24. The maximum absolute atomic E-state index is 13.7. The highest BCUT2D eigenvalue weighted by atomic mass is 32.2. The van der Waals surface area contributed by atoms with E-state index in [2.05, 4.69) is 10.0 Å². The number of halogens is 2. The quantitative estimate of drug-likeness (QED) is 0.818. The van der Waals surface area contributed by atoms with Gasteiger partial charge in [0.15, 0.2) is 0 Å². The second-order valence-corrected chi connectivity index (χ2v) is 8.85. The van der Waals surface area contributed by atoms with E-state index in [4.69, 9.17) is 0 Å². The summed E-state index contributed by atoms with van der Waals surface area (Å²) in [7, 11) is -3.62. The van der Waals surface area contributed by atoms with Gasteiger partial charge in [-0.05, 0) is 43.0 Å². The summed E-state index contributed by atoms with van der Waals surface area (Å²) in [6.07, 6.45) is 1.18. The molecule has 9 heteroatoms. The van der Waals surface area contributed by atoms with Crippen molar-refractivity contribution in [1.82, 2.24) is 9.62 Å². The molecule has 0 aromatic heterocycles. The Morgan fingerprint density at radius 1 is 1.07 bits per heavy atom. The smallest absolute Gasteiger partial charge is 0.321 e. The van der Waals surface area contributed by atoms with E-state index in [0.29, 0.717) is 25.5 Å². The lowest BCUT2D eigenvalue weighted by atomic mass is 10.0. The molecule has 1 saturated carbocycles. The number of carbonyl (C=O) groups excluding carboxylic acids is 1. The third-order valence-corrected chi connectivity index (χ3v) is 6.84. The van der Waals surface area contributed by atoms with Gasteiger partial charge in [0.25, 0.3) is 0 Å². The third kappa shape index (κ3) is 3.59. The topological polar surface area (TPSA) is 78.5 Å². The van der Waals surface area contributed by atoms with Crippen LogP contribution in [0.15, 0.2) is 53.4 Å². The van der Waals surface area contributed by atoms with Crippen LogP contribution in [0, 0.1) is 17.6 Å². The number of rotatable bonds is 4. The molecule has 2 bridgehead atoms. The Labute approximate surface area is 161 Å². The van der Waals surface area contributed by atoms with Crippen molar-refractivity contribution in [2.75, 3.05) is 11.9 Å². The van der Waals surface area contributed by atoms with E-state index >= 15 is 0 Å². The Bertz CT molecular complexity index is 1000. The molecule has 0 spiro atoms. The van der Waals surface area contributed by atoms with E-state index in [1.54, 1.807) is 23.1 Å². The van der Waals surface area contributed by atoms with Gasteiger partial charge in [0.1, 0.15) is 11.6 Å². The van der Waals surface area contributed by atoms with Gasteiger partial charge in [-0.1, -0.05) is 18.2 Å². The van der Waals surface area contributed by atoms with E-state index in [0.717, 1.165) is 6.07 Å². The third-order valence-electron chi connectivity index (χ3n) is 5.34. The van der Waals surface area contributed by atoms with Gasteiger partial charge in [0.2, 0.25) is 10.0 Å². The van der Waals surface area contributed by atoms with Crippen molar-refractivity contribution >= 4 is 21.7 Å². The van der Waals surface area contributed by atoms with Crippen LogP contribution < -0.4 is 10.0 Å². The van der Waals surface area contributed by atoms with Crippen LogP contribution in [0.3, 0.4) is 0 Å². The van der Waals surface area contributed by atoms with Crippen LogP contribution in [0.4, 0.5) is 19.3 Å². The normalized spacial score (nSPS) is 23.8. The second-order valence-electron chi connectivity index (χ2n) is 7.13. The van der Waals surface area contributed by atoms with Crippen molar-refractivity contribution in [2.24, 2.45) is 5.92 Å². The number of benzene rings is 2. The molecule has 4 rings (SSSR count). The Kier molecular flexibility index (Phi) is 4.80. The van der Waals surface area contributed by atoms with Crippen LogP contribution in [-0.2, 0) is 10.0 Å². The number of piperidine rings is 1. The fourth-order valence-electron chi connectivity index (χ4n) is 3.99. The number of amides is 2. The first-order valence-electron chi connectivity index (χ1n) is 8.93. The van der Waals surface area contributed by atoms with Crippen LogP contribution in [-0.4, -0.2) is 38.0 Å². The molecule has 0 radical (unpaired) electrons. The number of fused-ring (bicyclic) bond motifs is 2. The van der Waals surface area contributed by atoms with Crippen molar-refractivity contribution in [3.8, 4) is 0 Å². The minimum absolute atomic E-state index is 0.00713. The number of hydrogen-bond donors (Lipinski definition) is 2. The zero-order valence-corrected chi connectivity index (χ0v) is 15.6.